The number of nitrogens with zero attached hydrogens (tertiary/aromatic N) is 2. The van der Waals surface area contributed by atoms with Crippen LogP contribution >= 0.6 is 0 Å². The Balaban J connectivity index is 1.71. The Kier molecular flexibility index (Phi) is 7.29. The molecule has 180 valence electrons. The van der Waals surface area contributed by atoms with E-state index in [9.17, 15) is 19.1 Å². The summed E-state index contributed by atoms with van der Waals surface area (Å²) >= 11 is 0. The van der Waals surface area contributed by atoms with Gasteiger partial charge in [0, 0.05) is 37.3 Å². The second-order valence-corrected chi connectivity index (χ2v) is 8.66. The van der Waals surface area contributed by atoms with Crippen LogP contribution < -0.4 is 4.74 Å². The van der Waals surface area contributed by atoms with E-state index in [-0.39, 0.29) is 29.5 Å². The zero-order chi connectivity index (χ0) is 24.2. The van der Waals surface area contributed by atoms with Crippen molar-refractivity contribution in [2.75, 3.05) is 39.4 Å². The Bertz CT molecular complexity index is 1080. The first-order valence-corrected chi connectivity index (χ1v) is 11.5. The van der Waals surface area contributed by atoms with Gasteiger partial charge in [-0.25, -0.2) is 4.39 Å². The molecule has 0 radical (unpaired) electrons. The van der Waals surface area contributed by atoms with Crippen molar-refractivity contribution in [1.29, 1.82) is 0 Å². The molecule has 1 unspecified atom stereocenters. The van der Waals surface area contributed by atoms with Gasteiger partial charge in [-0.1, -0.05) is 18.2 Å². The number of Topliss-reactive ketones (excluding diaryl/α,β-unsaturated/α-hetero) is 1. The lowest BCUT2D eigenvalue weighted by molar-refractivity contribution is -0.140. The van der Waals surface area contributed by atoms with Crippen LogP contribution in [0, 0.1) is 5.82 Å². The topological polar surface area (TPSA) is 79.3 Å². The van der Waals surface area contributed by atoms with E-state index >= 15 is 0 Å². The maximum absolute atomic E-state index is 14.9. The molecule has 0 bridgehead atoms. The Hall–Kier alpha value is -3.23. The van der Waals surface area contributed by atoms with Crippen molar-refractivity contribution in [3.8, 4) is 5.75 Å². The fourth-order valence-corrected chi connectivity index (χ4v) is 4.32. The zero-order valence-corrected chi connectivity index (χ0v) is 19.4. The number of ether oxygens (including phenoxy) is 2. The Morgan fingerprint density at radius 3 is 2.41 bits per heavy atom. The SMILES string of the molecule is CC(C)Oc1ccc(C(O)=C2C(=O)C(=O)N(CCN3CCOCC3)C2c2ccccc2F)cc1. The van der Waals surface area contributed by atoms with Crippen LogP contribution in [0.15, 0.2) is 54.1 Å². The highest BCUT2D eigenvalue weighted by molar-refractivity contribution is 6.46. The smallest absolute Gasteiger partial charge is 0.295 e. The quantitative estimate of drug-likeness (QED) is 0.381. The van der Waals surface area contributed by atoms with Gasteiger partial charge in [0.2, 0.25) is 0 Å². The van der Waals surface area contributed by atoms with E-state index in [2.05, 4.69) is 4.90 Å². The predicted octanol–water partition coefficient (Wildman–Crippen LogP) is 3.37. The molecule has 2 fully saturated rings. The molecule has 1 N–H and O–H groups in total. The molecule has 2 aromatic carbocycles. The molecular formula is C26H29FN2O5. The maximum Gasteiger partial charge on any atom is 0.295 e. The highest BCUT2D eigenvalue weighted by Crippen LogP contribution is 2.40. The lowest BCUT2D eigenvalue weighted by Gasteiger charge is -2.31. The molecule has 0 aliphatic carbocycles. The standard InChI is InChI=1S/C26H29FN2O5/c1-17(2)34-19-9-7-18(8-10-19)24(30)22-23(20-5-3-4-6-21(20)27)29(26(32)25(22)31)12-11-28-13-15-33-16-14-28/h3-10,17,23,30H,11-16H2,1-2H3. The number of carbonyl (C=O) groups excluding carboxylic acids is 2. The van der Waals surface area contributed by atoms with Crippen LogP contribution in [-0.2, 0) is 14.3 Å². The van der Waals surface area contributed by atoms with E-state index in [0.717, 1.165) is 13.1 Å². The molecule has 8 heteroatoms. The third-order valence-electron chi connectivity index (χ3n) is 6.00. The molecule has 7 nitrogen and oxygen atoms in total. The van der Waals surface area contributed by atoms with Gasteiger partial charge >= 0.3 is 0 Å². The molecule has 0 spiro atoms. The third kappa shape index (κ3) is 4.98. The van der Waals surface area contributed by atoms with Gasteiger partial charge in [0.25, 0.3) is 11.7 Å². The van der Waals surface area contributed by atoms with Crippen molar-refractivity contribution in [1.82, 2.24) is 9.80 Å². The minimum absolute atomic E-state index is 0.0164. The highest BCUT2D eigenvalue weighted by atomic mass is 19.1. The van der Waals surface area contributed by atoms with Crippen molar-refractivity contribution in [3.05, 3.63) is 71.0 Å². The molecular weight excluding hydrogens is 439 g/mol. The highest BCUT2D eigenvalue weighted by Gasteiger charge is 2.46. The summed E-state index contributed by atoms with van der Waals surface area (Å²) in [4.78, 5) is 29.6. The number of morpholine rings is 1. The van der Waals surface area contributed by atoms with Crippen molar-refractivity contribution >= 4 is 17.4 Å². The fraction of sp³-hybridized carbons (Fsp3) is 0.385. The predicted molar refractivity (Wildman–Crippen MR) is 125 cm³/mol. The van der Waals surface area contributed by atoms with E-state index in [1.54, 1.807) is 42.5 Å². The molecule has 0 aromatic heterocycles. The summed E-state index contributed by atoms with van der Waals surface area (Å²) in [7, 11) is 0. The summed E-state index contributed by atoms with van der Waals surface area (Å²) in [5, 5.41) is 11.1. The number of hydrogen-bond donors (Lipinski definition) is 1. The van der Waals surface area contributed by atoms with Gasteiger partial charge in [-0.15, -0.1) is 0 Å². The van der Waals surface area contributed by atoms with Gasteiger partial charge in [-0.3, -0.25) is 14.5 Å². The Morgan fingerprint density at radius 2 is 1.76 bits per heavy atom. The molecule has 2 aromatic rings. The first-order chi connectivity index (χ1) is 16.4. The van der Waals surface area contributed by atoms with Crippen LogP contribution in [0.1, 0.15) is 31.0 Å². The first kappa shape index (κ1) is 23.9. The number of aliphatic hydroxyl groups excluding tert-OH is 1. The molecule has 2 saturated heterocycles. The summed E-state index contributed by atoms with van der Waals surface area (Å²) < 4.78 is 25.9. The maximum atomic E-state index is 14.9. The van der Waals surface area contributed by atoms with E-state index in [4.69, 9.17) is 9.47 Å². The van der Waals surface area contributed by atoms with Gasteiger partial charge < -0.3 is 19.5 Å². The van der Waals surface area contributed by atoms with Crippen molar-refractivity contribution < 1.29 is 28.6 Å². The first-order valence-electron chi connectivity index (χ1n) is 11.5. The van der Waals surface area contributed by atoms with E-state index in [0.29, 0.717) is 31.1 Å². The summed E-state index contributed by atoms with van der Waals surface area (Å²) in [5.74, 6) is -1.84. The van der Waals surface area contributed by atoms with Crippen LogP contribution in [0.3, 0.4) is 0 Å². The van der Waals surface area contributed by atoms with Crippen LogP contribution in [0.5, 0.6) is 5.75 Å². The molecule has 34 heavy (non-hydrogen) atoms. The van der Waals surface area contributed by atoms with E-state index in [1.165, 1.54) is 11.0 Å². The van der Waals surface area contributed by atoms with Gasteiger partial charge in [0.15, 0.2) is 0 Å². The number of likely N-dealkylation sites (tertiary alicyclic amines) is 1. The van der Waals surface area contributed by atoms with Gasteiger partial charge in [-0.05, 0) is 44.2 Å². The number of benzene rings is 2. The summed E-state index contributed by atoms with van der Waals surface area (Å²) in [5.41, 5.74) is 0.406. The van der Waals surface area contributed by atoms with E-state index in [1.807, 2.05) is 13.8 Å². The molecule has 1 atom stereocenters. The number of ketones is 1. The summed E-state index contributed by atoms with van der Waals surface area (Å²) in [6.45, 7) is 7.20. The summed E-state index contributed by atoms with van der Waals surface area (Å²) in [6.07, 6.45) is -0.0164. The van der Waals surface area contributed by atoms with Crippen molar-refractivity contribution in [2.45, 2.75) is 26.0 Å². The molecule has 1 amide bonds. The minimum atomic E-state index is -1.02. The molecule has 4 rings (SSSR count). The number of rotatable bonds is 7. The zero-order valence-electron chi connectivity index (χ0n) is 19.4. The average Bonchev–Trinajstić information content (AvgIpc) is 3.08. The third-order valence-corrected chi connectivity index (χ3v) is 6.00. The lowest BCUT2D eigenvalue weighted by Crippen LogP contribution is -2.42. The normalized spacial score (nSPS) is 20.8. The Labute approximate surface area is 198 Å². The van der Waals surface area contributed by atoms with Crippen LogP contribution in [0.2, 0.25) is 0 Å². The van der Waals surface area contributed by atoms with Crippen molar-refractivity contribution in [2.24, 2.45) is 0 Å². The number of amides is 1. The molecule has 2 aliphatic rings. The van der Waals surface area contributed by atoms with Gasteiger partial charge in [0.1, 0.15) is 17.3 Å². The van der Waals surface area contributed by atoms with Gasteiger partial charge in [-0.2, -0.15) is 0 Å². The van der Waals surface area contributed by atoms with Crippen molar-refractivity contribution in [3.63, 3.8) is 0 Å². The fourth-order valence-electron chi connectivity index (χ4n) is 4.32. The second-order valence-electron chi connectivity index (χ2n) is 8.66. The summed E-state index contributed by atoms with van der Waals surface area (Å²) in [6, 6.07) is 11.6. The second kappa shape index (κ2) is 10.4. The number of carbonyl (C=O) groups is 2. The largest absolute Gasteiger partial charge is 0.507 e. The van der Waals surface area contributed by atoms with E-state index < -0.39 is 23.5 Å². The number of aliphatic hydroxyl groups is 1. The lowest BCUT2D eigenvalue weighted by atomic mass is 9.95. The number of hydrogen-bond acceptors (Lipinski definition) is 6. The monoisotopic (exact) mass is 468 g/mol. The average molecular weight is 469 g/mol. The van der Waals surface area contributed by atoms with Gasteiger partial charge in [0.05, 0.1) is 30.9 Å². The molecule has 2 aliphatic heterocycles. The van der Waals surface area contributed by atoms with Crippen LogP contribution in [-0.4, -0.2) is 72.1 Å². The van der Waals surface area contributed by atoms with Crippen LogP contribution in [0.25, 0.3) is 5.76 Å². The molecule has 0 saturated carbocycles. The van der Waals surface area contributed by atoms with Crippen LogP contribution in [0.4, 0.5) is 4.39 Å². The number of halogens is 1. The minimum Gasteiger partial charge on any atom is -0.507 e. The molecule has 2 heterocycles. The Morgan fingerprint density at radius 1 is 1.09 bits per heavy atom.